The van der Waals surface area contributed by atoms with E-state index in [2.05, 4.69) is 11.6 Å². The van der Waals surface area contributed by atoms with Crippen LogP contribution in [0.25, 0.3) is 5.69 Å². The van der Waals surface area contributed by atoms with Crippen molar-refractivity contribution in [2.75, 3.05) is 5.73 Å². The standard InChI is InChI=1S/C20H21F2N3O3/c1-11-8-14(10-13(11)9-12(2)26)18-15(4-3-5-16(18)28-19(21)22)25-7-6-17(23)24-20(25)27/h3-7,13-14,19H,1,8-10H2,2H3,(H2,23,24,27). The molecule has 1 aliphatic carbocycles. The SMILES string of the molecule is C=C1CC(c2c(OC(F)F)cccc2-n2ccc(N)nc2=O)CC1CC(C)=O. The van der Waals surface area contributed by atoms with Gasteiger partial charge in [-0.2, -0.15) is 13.8 Å². The van der Waals surface area contributed by atoms with Gasteiger partial charge in [-0.3, -0.25) is 4.57 Å². The predicted octanol–water partition coefficient (Wildman–Crippen LogP) is 3.45. The van der Waals surface area contributed by atoms with Crippen molar-refractivity contribution in [2.24, 2.45) is 5.92 Å². The van der Waals surface area contributed by atoms with E-state index in [0.717, 1.165) is 5.57 Å². The van der Waals surface area contributed by atoms with Gasteiger partial charge in [0, 0.05) is 18.2 Å². The number of hydrogen-bond donors (Lipinski definition) is 1. The van der Waals surface area contributed by atoms with Crippen LogP contribution >= 0.6 is 0 Å². The Labute approximate surface area is 160 Å². The zero-order valence-corrected chi connectivity index (χ0v) is 15.4. The van der Waals surface area contributed by atoms with E-state index in [-0.39, 0.29) is 29.2 Å². The minimum Gasteiger partial charge on any atom is -0.434 e. The average molecular weight is 389 g/mol. The molecule has 0 bridgehead atoms. The summed E-state index contributed by atoms with van der Waals surface area (Å²) in [4.78, 5) is 27.6. The van der Waals surface area contributed by atoms with E-state index in [4.69, 9.17) is 10.5 Å². The highest BCUT2D eigenvalue weighted by molar-refractivity contribution is 5.76. The third-order valence-electron chi connectivity index (χ3n) is 4.94. The highest BCUT2D eigenvalue weighted by atomic mass is 19.3. The van der Waals surface area contributed by atoms with E-state index >= 15 is 0 Å². The molecule has 2 unspecified atom stereocenters. The molecule has 1 fully saturated rings. The van der Waals surface area contributed by atoms with Crippen LogP contribution in [0.3, 0.4) is 0 Å². The molecule has 0 saturated heterocycles. The van der Waals surface area contributed by atoms with Crippen LogP contribution in [-0.4, -0.2) is 21.9 Å². The second kappa shape index (κ2) is 7.92. The molecule has 2 N–H and O–H groups in total. The number of carbonyl (C=O) groups is 1. The fraction of sp³-hybridized carbons (Fsp3) is 0.350. The van der Waals surface area contributed by atoms with Crippen molar-refractivity contribution in [1.29, 1.82) is 0 Å². The van der Waals surface area contributed by atoms with Crippen molar-refractivity contribution in [1.82, 2.24) is 9.55 Å². The number of rotatable bonds is 6. The van der Waals surface area contributed by atoms with Crippen LogP contribution in [0.1, 0.15) is 37.7 Å². The monoisotopic (exact) mass is 389 g/mol. The summed E-state index contributed by atoms with van der Waals surface area (Å²) >= 11 is 0. The van der Waals surface area contributed by atoms with Crippen molar-refractivity contribution >= 4 is 11.6 Å². The molecule has 0 radical (unpaired) electrons. The van der Waals surface area contributed by atoms with E-state index in [9.17, 15) is 18.4 Å². The van der Waals surface area contributed by atoms with Crippen LogP contribution < -0.4 is 16.2 Å². The third-order valence-corrected chi connectivity index (χ3v) is 4.94. The van der Waals surface area contributed by atoms with Crippen molar-refractivity contribution in [3.8, 4) is 11.4 Å². The second-order valence-electron chi connectivity index (χ2n) is 6.97. The zero-order valence-electron chi connectivity index (χ0n) is 15.4. The van der Waals surface area contributed by atoms with Gasteiger partial charge in [0.2, 0.25) is 0 Å². The summed E-state index contributed by atoms with van der Waals surface area (Å²) in [7, 11) is 0. The first-order valence-corrected chi connectivity index (χ1v) is 8.86. The maximum absolute atomic E-state index is 13.0. The van der Waals surface area contributed by atoms with Gasteiger partial charge in [-0.05, 0) is 49.8 Å². The fourth-order valence-corrected chi connectivity index (χ4v) is 3.82. The molecular weight excluding hydrogens is 368 g/mol. The van der Waals surface area contributed by atoms with Crippen LogP contribution in [0, 0.1) is 5.92 Å². The molecule has 1 aromatic heterocycles. The van der Waals surface area contributed by atoms with E-state index < -0.39 is 12.3 Å². The molecule has 1 aromatic carbocycles. The molecule has 28 heavy (non-hydrogen) atoms. The van der Waals surface area contributed by atoms with Gasteiger partial charge >= 0.3 is 12.3 Å². The molecule has 2 atom stereocenters. The van der Waals surface area contributed by atoms with Crippen molar-refractivity contribution in [3.63, 3.8) is 0 Å². The van der Waals surface area contributed by atoms with Gasteiger partial charge in [-0.25, -0.2) is 4.79 Å². The normalized spacial score (nSPS) is 19.2. The number of carbonyl (C=O) groups excluding carboxylic acids is 1. The van der Waals surface area contributed by atoms with E-state index in [1.54, 1.807) is 6.07 Å². The fourth-order valence-electron chi connectivity index (χ4n) is 3.82. The summed E-state index contributed by atoms with van der Waals surface area (Å²) in [6.45, 7) is 2.55. The minimum atomic E-state index is -3.01. The van der Waals surface area contributed by atoms with Crippen molar-refractivity contribution < 1.29 is 18.3 Å². The number of benzene rings is 1. The molecule has 3 rings (SSSR count). The van der Waals surface area contributed by atoms with Gasteiger partial charge in [0.25, 0.3) is 0 Å². The summed E-state index contributed by atoms with van der Waals surface area (Å²) in [6.07, 6.45) is 2.89. The molecule has 148 valence electrons. The molecule has 6 nitrogen and oxygen atoms in total. The lowest BCUT2D eigenvalue weighted by Gasteiger charge is -2.21. The minimum absolute atomic E-state index is 0.00231. The van der Waals surface area contributed by atoms with Crippen LogP contribution in [-0.2, 0) is 4.79 Å². The summed E-state index contributed by atoms with van der Waals surface area (Å²) in [5.41, 5.74) is 6.70. The van der Waals surface area contributed by atoms with Crippen molar-refractivity contribution in [3.05, 3.63) is 58.7 Å². The molecule has 2 aromatic rings. The van der Waals surface area contributed by atoms with E-state index in [0.29, 0.717) is 30.5 Å². The summed E-state index contributed by atoms with van der Waals surface area (Å²) in [5, 5.41) is 0. The van der Waals surface area contributed by atoms with Gasteiger partial charge in [0.1, 0.15) is 17.4 Å². The molecule has 8 heteroatoms. The van der Waals surface area contributed by atoms with Crippen LogP contribution in [0.4, 0.5) is 14.6 Å². The number of ether oxygens (including phenoxy) is 1. The largest absolute Gasteiger partial charge is 0.434 e. The number of halogens is 2. The quantitative estimate of drug-likeness (QED) is 0.765. The van der Waals surface area contributed by atoms with Gasteiger partial charge in [-0.15, -0.1) is 0 Å². The number of aromatic nitrogens is 2. The van der Waals surface area contributed by atoms with Gasteiger partial charge in [-0.1, -0.05) is 18.2 Å². The molecule has 1 heterocycles. The summed E-state index contributed by atoms with van der Waals surface area (Å²) in [5.74, 6) is -0.137. The Morgan fingerprint density at radius 3 is 2.82 bits per heavy atom. The van der Waals surface area contributed by atoms with Crippen LogP contribution in [0.2, 0.25) is 0 Å². The van der Waals surface area contributed by atoms with Crippen LogP contribution in [0.15, 0.2) is 47.4 Å². The van der Waals surface area contributed by atoms with E-state index in [1.807, 2.05) is 0 Å². The van der Waals surface area contributed by atoms with Gasteiger partial charge < -0.3 is 15.3 Å². The first-order chi connectivity index (χ1) is 13.3. The summed E-state index contributed by atoms with van der Waals surface area (Å²) < 4.78 is 32.0. The predicted molar refractivity (Wildman–Crippen MR) is 101 cm³/mol. The van der Waals surface area contributed by atoms with Crippen LogP contribution in [0.5, 0.6) is 5.75 Å². The number of allylic oxidation sites excluding steroid dienone is 1. The first-order valence-electron chi connectivity index (χ1n) is 8.86. The topological polar surface area (TPSA) is 87.2 Å². The molecule has 0 amide bonds. The van der Waals surface area contributed by atoms with Gasteiger partial charge in [0.05, 0.1) is 5.69 Å². The van der Waals surface area contributed by atoms with Crippen molar-refractivity contribution in [2.45, 2.75) is 38.7 Å². The number of Topliss-reactive ketones (excluding diaryl/α,β-unsaturated/α-hetero) is 1. The maximum atomic E-state index is 13.0. The lowest BCUT2D eigenvalue weighted by atomic mass is 9.92. The number of hydrogen-bond acceptors (Lipinski definition) is 5. The summed E-state index contributed by atoms with van der Waals surface area (Å²) in [6, 6.07) is 6.09. The van der Waals surface area contributed by atoms with E-state index in [1.165, 1.54) is 35.9 Å². The lowest BCUT2D eigenvalue weighted by Crippen LogP contribution is -2.23. The molecule has 1 saturated carbocycles. The number of nitrogens with zero attached hydrogens (tertiary/aromatic N) is 2. The Kier molecular flexibility index (Phi) is 5.58. The molecule has 1 aliphatic rings. The molecule has 0 aliphatic heterocycles. The molecule has 0 spiro atoms. The second-order valence-corrected chi connectivity index (χ2v) is 6.97. The maximum Gasteiger partial charge on any atom is 0.387 e. The Bertz CT molecular complexity index is 971. The number of nitrogen functional groups attached to an aromatic ring is 1. The Morgan fingerprint density at radius 1 is 1.43 bits per heavy atom. The number of alkyl halides is 2. The number of anilines is 1. The van der Waals surface area contributed by atoms with Gasteiger partial charge in [0.15, 0.2) is 0 Å². The highest BCUT2D eigenvalue weighted by Gasteiger charge is 2.33. The number of nitrogens with two attached hydrogens (primary N) is 1. The molecular formula is C20H21F2N3O3. The highest BCUT2D eigenvalue weighted by Crippen LogP contribution is 2.47. The Morgan fingerprint density at radius 2 is 2.18 bits per heavy atom. The number of ketones is 1. The first kappa shape index (κ1) is 19.7. The Balaban J connectivity index is 2.11. The average Bonchev–Trinajstić information content (AvgIpc) is 2.94. The Hall–Kier alpha value is -3.03. The smallest absolute Gasteiger partial charge is 0.387 e. The zero-order chi connectivity index (χ0) is 20.4. The third kappa shape index (κ3) is 4.11. The lowest BCUT2D eigenvalue weighted by molar-refractivity contribution is -0.117.